The van der Waals surface area contributed by atoms with E-state index in [4.69, 9.17) is 16.6 Å². The van der Waals surface area contributed by atoms with Crippen LogP contribution in [0.15, 0.2) is 30.5 Å². The van der Waals surface area contributed by atoms with Crippen LogP contribution in [0.5, 0.6) is 0 Å². The van der Waals surface area contributed by atoms with E-state index < -0.39 is 5.82 Å². The maximum atomic E-state index is 14.5. The lowest BCUT2D eigenvalue weighted by atomic mass is 9.81. The second kappa shape index (κ2) is 6.91. The largest absolute Gasteiger partial charge is 0.327 e. The van der Waals surface area contributed by atoms with E-state index in [-0.39, 0.29) is 28.6 Å². The fraction of sp³-hybridized carbons (Fsp3) is 0.333. The van der Waals surface area contributed by atoms with Gasteiger partial charge < -0.3 is 4.90 Å². The van der Waals surface area contributed by atoms with Gasteiger partial charge in [0.25, 0.3) is 5.91 Å². The predicted octanol–water partition coefficient (Wildman–Crippen LogP) is 4.26. The van der Waals surface area contributed by atoms with E-state index in [2.05, 4.69) is 15.2 Å². The Hall–Kier alpha value is -2.80. The molecule has 29 heavy (non-hydrogen) atoms. The fourth-order valence-electron chi connectivity index (χ4n) is 4.60. The third-order valence-corrected chi connectivity index (χ3v) is 6.04. The molecule has 8 heteroatoms. The highest BCUT2D eigenvalue weighted by molar-refractivity contribution is 6.30. The molecule has 2 atom stereocenters. The van der Waals surface area contributed by atoms with Gasteiger partial charge in [-0.3, -0.25) is 9.89 Å². The summed E-state index contributed by atoms with van der Waals surface area (Å²) in [6.07, 6.45) is 5.00. The van der Waals surface area contributed by atoms with Crippen molar-refractivity contribution in [1.29, 1.82) is 0 Å². The monoisotopic (exact) mass is 411 g/mol. The number of halogens is 2. The molecule has 1 fully saturated rings. The summed E-state index contributed by atoms with van der Waals surface area (Å²) in [5, 5.41) is 7.31. The zero-order chi connectivity index (χ0) is 20.1. The van der Waals surface area contributed by atoms with E-state index in [1.807, 2.05) is 17.9 Å². The van der Waals surface area contributed by atoms with Crippen molar-refractivity contribution in [3.05, 3.63) is 63.9 Å². The lowest BCUT2D eigenvalue weighted by Gasteiger charge is -2.46. The molecule has 1 aromatic carbocycles. The smallest absolute Gasteiger partial charge is 0.257 e. The molecule has 148 valence electrons. The lowest BCUT2D eigenvalue weighted by molar-refractivity contribution is 0.0384. The summed E-state index contributed by atoms with van der Waals surface area (Å²) in [7, 11) is 0. The molecule has 2 aromatic heterocycles. The highest BCUT2D eigenvalue weighted by atomic mass is 35.5. The van der Waals surface area contributed by atoms with Crippen molar-refractivity contribution >= 4 is 17.5 Å². The van der Waals surface area contributed by atoms with Crippen LogP contribution in [0.4, 0.5) is 4.39 Å². The summed E-state index contributed by atoms with van der Waals surface area (Å²) >= 11 is 5.86. The minimum absolute atomic E-state index is 0.0168. The van der Waals surface area contributed by atoms with Crippen LogP contribution in [0.3, 0.4) is 0 Å². The average Bonchev–Trinajstić information content (AvgIpc) is 3.22. The maximum Gasteiger partial charge on any atom is 0.257 e. The molecule has 6 nitrogen and oxygen atoms in total. The second-order valence-corrected chi connectivity index (χ2v) is 8.03. The molecule has 2 aliphatic rings. The van der Waals surface area contributed by atoms with Crippen molar-refractivity contribution in [2.24, 2.45) is 0 Å². The van der Waals surface area contributed by atoms with Gasteiger partial charge in [-0.1, -0.05) is 11.6 Å². The molecule has 4 heterocycles. The number of carbonyl (C=O) groups is 1. The zero-order valence-corrected chi connectivity index (χ0v) is 16.6. The lowest BCUT2D eigenvalue weighted by Crippen LogP contribution is -2.50. The molecule has 1 amide bonds. The summed E-state index contributed by atoms with van der Waals surface area (Å²) < 4.78 is 14.5. The van der Waals surface area contributed by atoms with Gasteiger partial charge in [0, 0.05) is 22.8 Å². The summed E-state index contributed by atoms with van der Waals surface area (Å²) in [4.78, 5) is 24.5. The molecule has 2 bridgehead atoms. The first-order chi connectivity index (χ1) is 14.0. The van der Waals surface area contributed by atoms with Crippen LogP contribution >= 0.6 is 11.6 Å². The Morgan fingerprint density at radius 3 is 2.90 bits per heavy atom. The van der Waals surface area contributed by atoms with Crippen molar-refractivity contribution in [3.8, 4) is 11.4 Å². The van der Waals surface area contributed by atoms with Gasteiger partial charge in [0.05, 0.1) is 28.7 Å². The Kier molecular flexibility index (Phi) is 4.35. The summed E-state index contributed by atoms with van der Waals surface area (Å²) in [6, 6.07) is 5.88. The van der Waals surface area contributed by atoms with E-state index in [0.717, 1.165) is 41.9 Å². The second-order valence-electron chi connectivity index (χ2n) is 7.59. The van der Waals surface area contributed by atoms with Gasteiger partial charge in [-0.05, 0) is 56.9 Å². The fourth-order valence-corrected chi connectivity index (χ4v) is 4.76. The first kappa shape index (κ1) is 18.2. The number of H-pyrrole nitrogens is 1. The molecule has 0 aliphatic carbocycles. The molecule has 5 rings (SSSR count). The highest BCUT2D eigenvalue weighted by Gasteiger charge is 2.43. The third kappa shape index (κ3) is 3.00. The number of nitrogens with zero attached hydrogens (tertiary/aromatic N) is 4. The Labute approximate surface area is 172 Å². The van der Waals surface area contributed by atoms with Crippen LogP contribution in [0, 0.1) is 12.7 Å². The molecule has 1 saturated heterocycles. The first-order valence-corrected chi connectivity index (χ1v) is 10.1. The molecule has 2 aliphatic heterocycles. The number of amides is 1. The number of carbonyl (C=O) groups excluding carboxylic acids is 1. The summed E-state index contributed by atoms with van der Waals surface area (Å²) in [5.41, 5.74) is 3.64. The van der Waals surface area contributed by atoms with Crippen LogP contribution in [0.2, 0.25) is 5.02 Å². The molecule has 0 spiro atoms. The number of hydrogen-bond donors (Lipinski definition) is 1. The van der Waals surface area contributed by atoms with Crippen molar-refractivity contribution in [2.45, 2.75) is 44.7 Å². The molecule has 3 aromatic rings. The van der Waals surface area contributed by atoms with Gasteiger partial charge in [-0.25, -0.2) is 14.4 Å². The predicted molar refractivity (Wildman–Crippen MR) is 106 cm³/mol. The Bertz CT molecular complexity index is 1100. The zero-order valence-electron chi connectivity index (χ0n) is 15.8. The summed E-state index contributed by atoms with van der Waals surface area (Å²) in [6.45, 7) is 1.85. The van der Waals surface area contributed by atoms with E-state index >= 15 is 0 Å². The highest BCUT2D eigenvalue weighted by Crippen LogP contribution is 2.44. The number of piperidine rings is 1. The van der Waals surface area contributed by atoms with Gasteiger partial charge >= 0.3 is 0 Å². The standard InChI is InChI=1S/C21H19ClFN5O/c1-11-25-19(17-7-8-24-27-17)15-10-13-3-2-4-18(20(15)26-11)28(13)21(29)14-6-5-12(22)9-16(14)23/h5-9,13,18H,2-4,10H2,1H3,(H,24,27)/t13-,18+/m1/s1. The van der Waals surface area contributed by atoms with Gasteiger partial charge in [0.1, 0.15) is 11.6 Å². The number of nitrogens with one attached hydrogen (secondary N) is 1. The number of aromatic nitrogens is 4. The van der Waals surface area contributed by atoms with Crippen molar-refractivity contribution in [1.82, 2.24) is 25.1 Å². The van der Waals surface area contributed by atoms with Crippen LogP contribution < -0.4 is 0 Å². The minimum atomic E-state index is -0.594. The molecule has 0 saturated carbocycles. The van der Waals surface area contributed by atoms with E-state index in [1.54, 1.807) is 12.3 Å². The van der Waals surface area contributed by atoms with Gasteiger partial charge in [-0.2, -0.15) is 5.10 Å². The van der Waals surface area contributed by atoms with Crippen LogP contribution in [-0.2, 0) is 6.42 Å². The molecular weight excluding hydrogens is 393 g/mol. The summed E-state index contributed by atoms with van der Waals surface area (Å²) in [5.74, 6) is -0.260. The van der Waals surface area contributed by atoms with Gasteiger partial charge in [-0.15, -0.1) is 0 Å². The first-order valence-electron chi connectivity index (χ1n) is 9.68. The van der Waals surface area contributed by atoms with Crippen LogP contribution in [-0.4, -0.2) is 37.0 Å². The van der Waals surface area contributed by atoms with Crippen molar-refractivity contribution in [2.75, 3.05) is 0 Å². The molecule has 1 N–H and O–H groups in total. The minimum Gasteiger partial charge on any atom is -0.327 e. The van der Waals surface area contributed by atoms with Crippen LogP contribution in [0.25, 0.3) is 11.4 Å². The Balaban J connectivity index is 1.61. The normalized spacial score (nSPS) is 20.4. The average molecular weight is 412 g/mol. The van der Waals surface area contributed by atoms with Crippen LogP contribution in [0.1, 0.15) is 52.7 Å². The number of hydrogen-bond acceptors (Lipinski definition) is 4. The molecular formula is C21H19ClFN5O. The third-order valence-electron chi connectivity index (χ3n) is 5.80. The Morgan fingerprint density at radius 1 is 1.28 bits per heavy atom. The number of rotatable bonds is 2. The SMILES string of the molecule is Cc1nc(-c2ccn[nH]2)c2c(n1)[C@@H]1CCC[C@H](C2)N1C(=O)c1ccc(Cl)cc1F. The number of benzene rings is 1. The van der Waals surface area contributed by atoms with E-state index in [1.165, 1.54) is 12.1 Å². The number of aryl methyl sites for hydroxylation is 1. The van der Waals surface area contributed by atoms with E-state index in [0.29, 0.717) is 12.2 Å². The molecule has 0 unspecified atom stereocenters. The van der Waals surface area contributed by atoms with Gasteiger partial charge in [0.2, 0.25) is 0 Å². The number of fused-ring (bicyclic) bond motifs is 4. The van der Waals surface area contributed by atoms with Crippen molar-refractivity contribution < 1.29 is 9.18 Å². The quantitative estimate of drug-likeness (QED) is 0.683. The molecule has 0 radical (unpaired) electrons. The van der Waals surface area contributed by atoms with Gasteiger partial charge in [0.15, 0.2) is 0 Å². The maximum absolute atomic E-state index is 14.5. The number of aromatic amines is 1. The van der Waals surface area contributed by atoms with E-state index in [9.17, 15) is 9.18 Å². The topological polar surface area (TPSA) is 74.8 Å². The van der Waals surface area contributed by atoms with Crippen molar-refractivity contribution in [3.63, 3.8) is 0 Å². The Morgan fingerprint density at radius 2 is 2.14 bits per heavy atom.